The molecule has 1 aromatic heterocycles. The van der Waals surface area contributed by atoms with Gasteiger partial charge in [-0.3, -0.25) is 4.79 Å². The van der Waals surface area contributed by atoms with Gasteiger partial charge in [0.15, 0.2) is 0 Å². The molecule has 0 radical (unpaired) electrons. The Bertz CT molecular complexity index is 492. The standard InChI is InChI=1S/C14H22N2O4/c1-8(2)20-14(18)11-9(3)12(16-10(11)4)13(17)15-6-7-19-5/h8,16H,6-7H2,1-5H3,(H,15,17). The number of amides is 1. The van der Waals surface area contributed by atoms with Gasteiger partial charge in [-0.25, -0.2) is 4.79 Å². The molecule has 0 spiro atoms. The fourth-order valence-electron chi connectivity index (χ4n) is 1.91. The number of H-pyrrole nitrogens is 1. The highest BCUT2D eigenvalue weighted by molar-refractivity contribution is 6.00. The summed E-state index contributed by atoms with van der Waals surface area (Å²) in [7, 11) is 1.57. The van der Waals surface area contributed by atoms with E-state index in [0.29, 0.717) is 35.7 Å². The summed E-state index contributed by atoms with van der Waals surface area (Å²) in [6.07, 6.45) is -0.199. The van der Waals surface area contributed by atoms with Gasteiger partial charge in [0.1, 0.15) is 5.69 Å². The number of carbonyl (C=O) groups excluding carboxylic acids is 2. The number of carbonyl (C=O) groups is 2. The molecule has 1 amide bonds. The van der Waals surface area contributed by atoms with Crippen LogP contribution in [-0.4, -0.2) is 43.2 Å². The van der Waals surface area contributed by atoms with E-state index < -0.39 is 5.97 Å². The van der Waals surface area contributed by atoms with Gasteiger partial charge in [-0.1, -0.05) is 0 Å². The maximum absolute atomic E-state index is 12.0. The SMILES string of the molecule is COCCNC(=O)c1[nH]c(C)c(C(=O)OC(C)C)c1C. The molecule has 1 rings (SSSR count). The zero-order chi connectivity index (χ0) is 15.3. The molecule has 20 heavy (non-hydrogen) atoms. The van der Waals surface area contributed by atoms with E-state index in [1.54, 1.807) is 34.8 Å². The quantitative estimate of drug-likeness (QED) is 0.613. The zero-order valence-corrected chi connectivity index (χ0v) is 12.6. The van der Waals surface area contributed by atoms with Gasteiger partial charge in [0, 0.05) is 19.3 Å². The summed E-state index contributed by atoms with van der Waals surface area (Å²) in [6.45, 7) is 7.90. The Morgan fingerprint density at radius 1 is 1.30 bits per heavy atom. The third-order valence-corrected chi connectivity index (χ3v) is 2.80. The molecule has 0 atom stereocenters. The topological polar surface area (TPSA) is 80.4 Å². The minimum Gasteiger partial charge on any atom is -0.459 e. The van der Waals surface area contributed by atoms with Crippen LogP contribution in [0.2, 0.25) is 0 Å². The Balaban J connectivity index is 2.91. The van der Waals surface area contributed by atoms with Crippen LogP contribution in [0, 0.1) is 13.8 Å². The largest absolute Gasteiger partial charge is 0.459 e. The third-order valence-electron chi connectivity index (χ3n) is 2.80. The van der Waals surface area contributed by atoms with E-state index in [2.05, 4.69) is 10.3 Å². The minimum absolute atomic E-state index is 0.199. The number of aryl methyl sites for hydroxylation is 1. The average Bonchev–Trinajstić information content (AvgIpc) is 2.64. The van der Waals surface area contributed by atoms with Gasteiger partial charge in [-0.05, 0) is 33.3 Å². The molecule has 0 aromatic carbocycles. The molecule has 1 heterocycles. The van der Waals surface area contributed by atoms with Gasteiger partial charge in [-0.15, -0.1) is 0 Å². The molecule has 0 bridgehead atoms. The van der Waals surface area contributed by atoms with Crippen LogP contribution in [0.4, 0.5) is 0 Å². The molecular weight excluding hydrogens is 260 g/mol. The van der Waals surface area contributed by atoms with E-state index in [9.17, 15) is 9.59 Å². The van der Waals surface area contributed by atoms with Crippen LogP contribution in [-0.2, 0) is 9.47 Å². The summed E-state index contributed by atoms with van der Waals surface area (Å²) in [5.74, 6) is -0.673. The predicted molar refractivity (Wildman–Crippen MR) is 75.0 cm³/mol. The van der Waals surface area contributed by atoms with E-state index >= 15 is 0 Å². The van der Waals surface area contributed by atoms with Crippen LogP contribution < -0.4 is 5.32 Å². The van der Waals surface area contributed by atoms with Crippen LogP contribution in [0.3, 0.4) is 0 Å². The van der Waals surface area contributed by atoms with Gasteiger partial charge < -0.3 is 19.8 Å². The Kier molecular flexibility index (Phi) is 5.76. The smallest absolute Gasteiger partial charge is 0.340 e. The molecule has 0 aliphatic rings. The number of esters is 1. The summed E-state index contributed by atoms with van der Waals surface area (Å²) in [5.41, 5.74) is 2.04. The fraction of sp³-hybridized carbons (Fsp3) is 0.571. The lowest BCUT2D eigenvalue weighted by Crippen LogP contribution is -2.27. The predicted octanol–water partition coefficient (Wildman–Crippen LogP) is 1.57. The van der Waals surface area contributed by atoms with Crippen molar-refractivity contribution in [3.05, 3.63) is 22.5 Å². The first kappa shape index (κ1) is 16.2. The number of aromatic amines is 1. The van der Waals surface area contributed by atoms with Gasteiger partial charge in [0.25, 0.3) is 5.91 Å². The van der Waals surface area contributed by atoms with Crippen LogP contribution in [0.15, 0.2) is 0 Å². The maximum Gasteiger partial charge on any atom is 0.340 e. The lowest BCUT2D eigenvalue weighted by Gasteiger charge is -2.08. The van der Waals surface area contributed by atoms with Crippen molar-refractivity contribution >= 4 is 11.9 Å². The van der Waals surface area contributed by atoms with Gasteiger partial charge in [-0.2, -0.15) is 0 Å². The van der Waals surface area contributed by atoms with Crippen molar-refractivity contribution < 1.29 is 19.1 Å². The van der Waals surface area contributed by atoms with Gasteiger partial charge in [0.05, 0.1) is 18.3 Å². The van der Waals surface area contributed by atoms with E-state index in [4.69, 9.17) is 9.47 Å². The normalized spacial score (nSPS) is 10.7. The number of ether oxygens (including phenoxy) is 2. The number of hydrogen-bond donors (Lipinski definition) is 2. The van der Waals surface area contributed by atoms with Crippen molar-refractivity contribution in [3.8, 4) is 0 Å². The van der Waals surface area contributed by atoms with Crippen LogP contribution in [0.1, 0.15) is 46.0 Å². The lowest BCUT2D eigenvalue weighted by atomic mass is 10.1. The van der Waals surface area contributed by atoms with Gasteiger partial charge in [0.2, 0.25) is 0 Å². The third kappa shape index (κ3) is 3.84. The van der Waals surface area contributed by atoms with E-state index in [1.165, 1.54) is 0 Å². The summed E-state index contributed by atoms with van der Waals surface area (Å²) < 4.78 is 10.0. The average molecular weight is 282 g/mol. The minimum atomic E-state index is -0.415. The summed E-state index contributed by atoms with van der Waals surface area (Å²) in [6, 6.07) is 0. The second kappa shape index (κ2) is 7.09. The number of rotatable bonds is 6. The van der Waals surface area contributed by atoms with Crippen molar-refractivity contribution in [2.24, 2.45) is 0 Å². The molecule has 6 heteroatoms. The van der Waals surface area contributed by atoms with E-state index in [-0.39, 0.29) is 12.0 Å². The molecule has 0 fully saturated rings. The highest BCUT2D eigenvalue weighted by Gasteiger charge is 2.23. The first-order valence-electron chi connectivity index (χ1n) is 6.55. The Hall–Kier alpha value is -1.82. The van der Waals surface area contributed by atoms with Crippen LogP contribution in [0.25, 0.3) is 0 Å². The second-order valence-electron chi connectivity index (χ2n) is 4.83. The zero-order valence-electron chi connectivity index (χ0n) is 12.6. The van der Waals surface area contributed by atoms with Crippen molar-refractivity contribution in [3.63, 3.8) is 0 Å². The Labute approximate surface area is 118 Å². The molecule has 0 saturated heterocycles. The maximum atomic E-state index is 12.0. The van der Waals surface area contributed by atoms with Crippen LogP contribution in [0.5, 0.6) is 0 Å². The molecule has 1 aromatic rings. The number of aromatic nitrogens is 1. The van der Waals surface area contributed by atoms with Crippen molar-refractivity contribution in [1.29, 1.82) is 0 Å². The van der Waals surface area contributed by atoms with Crippen molar-refractivity contribution in [2.45, 2.75) is 33.8 Å². The van der Waals surface area contributed by atoms with E-state index in [1.807, 2.05) is 0 Å². The monoisotopic (exact) mass is 282 g/mol. The number of hydrogen-bond acceptors (Lipinski definition) is 4. The molecule has 0 unspecified atom stereocenters. The lowest BCUT2D eigenvalue weighted by molar-refractivity contribution is 0.0376. The van der Waals surface area contributed by atoms with Gasteiger partial charge >= 0.3 is 5.97 Å². The van der Waals surface area contributed by atoms with Crippen molar-refractivity contribution in [2.75, 3.05) is 20.3 Å². The Morgan fingerprint density at radius 2 is 1.95 bits per heavy atom. The van der Waals surface area contributed by atoms with Crippen LogP contribution >= 0.6 is 0 Å². The summed E-state index contributed by atoms with van der Waals surface area (Å²) >= 11 is 0. The van der Waals surface area contributed by atoms with E-state index in [0.717, 1.165) is 0 Å². The highest BCUT2D eigenvalue weighted by atomic mass is 16.5. The number of methoxy groups -OCH3 is 1. The van der Waals surface area contributed by atoms with Crippen molar-refractivity contribution in [1.82, 2.24) is 10.3 Å². The molecule has 6 nitrogen and oxygen atoms in total. The summed E-state index contributed by atoms with van der Waals surface area (Å²) in [4.78, 5) is 26.9. The first-order valence-corrected chi connectivity index (χ1v) is 6.55. The Morgan fingerprint density at radius 3 is 2.50 bits per heavy atom. The molecule has 0 aliphatic heterocycles. The summed E-state index contributed by atoms with van der Waals surface area (Å²) in [5, 5.41) is 2.71. The molecular formula is C14H22N2O4. The molecule has 112 valence electrons. The molecule has 0 saturated carbocycles. The first-order chi connectivity index (χ1) is 9.38. The highest BCUT2D eigenvalue weighted by Crippen LogP contribution is 2.19. The second-order valence-corrected chi connectivity index (χ2v) is 4.83. The fourth-order valence-corrected chi connectivity index (χ4v) is 1.91. The number of nitrogens with one attached hydrogen (secondary N) is 2. The molecule has 0 aliphatic carbocycles. The molecule has 2 N–H and O–H groups in total.